The Morgan fingerprint density at radius 3 is 2.14 bits per heavy atom. The first-order chi connectivity index (χ1) is 10.4. The molecule has 0 spiro atoms. The van der Waals surface area contributed by atoms with E-state index in [9.17, 15) is 9.90 Å². The fourth-order valence-corrected chi connectivity index (χ4v) is 3.18. The van der Waals surface area contributed by atoms with Crippen molar-refractivity contribution in [1.29, 1.82) is 0 Å². The van der Waals surface area contributed by atoms with Crippen LogP contribution < -0.4 is 0 Å². The van der Waals surface area contributed by atoms with Gasteiger partial charge in [-0.15, -0.1) is 0 Å². The number of carboxylic acid groups (broad SMARTS) is 1. The van der Waals surface area contributed by atoms with Crippen LogP contribution in [0.1, 0.15) is 59.3 Å². The Balaban J connectivity index is 2.24. The Bertz CT molecular complexity index is 479. The van der Waals surface area contributed by atoms with E-state index in [1.165, 1.54) is 17.4 Å². The van der Waals surface area contributed by atoms with Crippen LogP contribution in [0.4, 0.5) is 0 Å². The largest absolute Gasteiger partial charge is 0.500 e. The van der Waals surface area contributed by atoms with Gasteiger partial charge in [-0.05, 0) is 43.9 Å². The van der Waals surface area contributed by atoms with Gasteiger partial charge in [0.2, 0.25) is 0 Å². The normalized spacial score (nSPS) is 19.4. The van der Waals surface area contributed by atoms with Crippen LogP contribution in [0.25, 0.3) is 0 Å². The summed E-state index contributed by atoms with van der Waals surface area (Å²) in [5.74, 6) is -0.943. The predicted molar refractivity (Wildman–Crippen MR) is 88.5 cm³/mol. The first-order valence-corrected chi connectivity index (χ1v) is 8.31. The number of hydrogen-bond donors (Lipinski definition) is 1. The van der Waals surface area contributed by atoms with E-state index in [1.807, 2.05) is 0 Å². The van der Waals surface area contributed by atoms with Gasteiger partial charge in [-0.2, -0.15) is 0 Å². The van der Waals surface area contributed by atoms with Gasteiger partial charge in [0.25, 0.3) is 0 Å². The van der Waals surface area contributed by atoms with Crippen LogP contribution in [-0.4, -0.2) is 17.7 Å². The van der Waals surface area contributed by atoms with Crippen LogP contribution in [0.15, 0.2) is 35.1 Å². The molecule has 0 amide bonds. The molecule has 2 aliphatic rings. The standard InChI is InChI=1S/C19H28O3/c1-19(2,3)13-22-12-16(18(20)21)17(14-8-4-5-9-14)15-10-6-7-11-15/h8,10,12,17H,4-7,9,11,13H2,1-3H3,(H,20,21). The minimum Gasteiger partial charge on any atom is -0.500 e. The third-order valence-corrected chi connectivity index (χ3v) is 4.18. The first kappa shape index (κ1) is 16.9. The van der Waals surface area contributed by atoms with Gasteiger partial charge in [-0.1, -0.05) is 44.1 Å². The van der Waals surface area contributed by atoms with Gasteiger partial charge in [-0.25, -0.2) is 4.79 Å². The van der Waals surface area contributed by atoms with E-state index in [2.05, 4.69) is 32.9 Å². The predicted octanol–water partition coefficient (Wildman–Crippen LogP) is 4.85. The van der Waals surface area contributed by atoms with Crippen molar-refractivity contribution in [1.82, 2.24) is 0 Å². The van der Waals surface area contributed by atoms with Gasteiger partial charge in [-0.3, -0.25) is 0 Å². The van der Waals surface area contributed by atoms with Gasteiger partial charge < -0.3 is 9.84 Å². The van der Waals surface area contributed by atoms with E-state index < -0.39 is 5.97 Å². The van der Waals surface area contributed by atoms with E-state index in [4.69, 9.17) is 4.74 Å². The fourth-order valence-electron chi connectivity index (χ4n) is 3.18. The topological polar surface area (TPSA) is 46.5 Å². The lowest BCUT2D eigenvalue weighted by molar-refractivity contribution is -0.133. The van der Waals surface area contributed by atoms with Crippen molar-refractivity contribution >= 4 is 5.97 Å². The van der Waals surface area contributed by atoms with Crippen LogP contribution in [-0.2, 0) is 9.53 Å². The molecule has 2 aliphatic carbocycles. The maximum Gasteiger partial charge on any atom is 0.335 e. The van der Waals surface area contributed by atoms with E-state index in [0.717, 1.165) is 38.5 Å². The number of allylic oxidation sites excluding steroid dienone is 4. The van der Waals surface area contributed by atoms with Crippen molar-refractivity contribution in [2.75, 3.05) is 6.61 Å². The molecule has 3 heteroatoms. The molecule has 22 heavy (non-hydrogen) atoms. The van der Waals surface area contributed by atoms with Gasteiger partial charge >= 0.3 is 5.97 Å². The molecule has 0 aliphatic heterocycles. The molecule has 0 bridgehead atoms. The minimum atomic E-state index is -0.862. The van der Waals surface area contributed by atoms with Crippen molar-refractivity contribution in [3.8, 4) is 0 Å². The molecule has 0 aromatic heterocycles. The van der Waals surface area contributed by atoms with Crippen LogP contribution >= 0.6 is 0 Å². The molecule has 1 N–H and O–H groups in total. The zero-order valence-corrected chi connectivity index (χ0v) is 14.0. The highest BCUT2D eigenvalue weighted by molar-refractivity contribution is 5.88. The molecular formula is C19H28O3. The third-order valence-electron chi connectivity index (χ3n) is 4.18. The maximum atomic E-state index is 11.8. The first-order valence-electron chi connectivity index (χ1n) is 8.31. The third kappa shape index (κ3) is 4.49. The summed E-state index contributed by atoms with van der Waals surface area (Å²) in [7, 11) is 0. The number of carbonyl (C=O) groups is 1. The summed E-state index contributed by atoms with van der Waals surface area (Å²) in [6.07, 6.45) is 12.4. The molecule has 0 saturated heterocycles. The van der Waals surface area contributed by atoms with Crippen LogP contribution in [0.2, 0.25) is 0 Å². The Hall–Kier alpha value is -1.51. The van der Waals surface area contributed by atoms with Crippen LogP contribution in [0.3, 0.4) is 0 Å². The van der Waals surface area contributed by atoms with Crippen LogP contribution in [0, 0.1) is 11.3 Å². The SMILES string of the molecule is CC(C)(C)COC=C(C(=O)O)C(C1=CCCC1)C1=CCCC1. The van der Waals surface area contributed by atoms with Gasteiger partial charge in [0.05, 0.1) is 18.4 Å². The summed E-state index contributed by atoms with van der Waals surface area (Å²) in [6, 6.07) is 0. The molecule has 0 atom stereocenters. The number of ether oxygens (including phenoxy) is 1. The number of rotatable bonds is 6. The highest BCUT2D eigenvalue weighted by atomic mass is 16.5. The molecule has 0 unspecified atom stereocenters. The molecule has 2 rings (SSSR count). The molecule has 0 radical (unpaired) electrons. The average molecular weight is 304 g/mol. The lowest BCUT2D eigenvalue weighted by Gasteiger charge is -2.22. The maximum absolute atomic E-state index is 11.8. The quantitative estimate of drug-likeness (QED) is 0.433. The fraction of sp³-hybridized carbons (Fsp3) is 0.632. The van der Waals surface area contributed by atoms with Crippen molar-refractivity contribution in [2.24, 2.45) is 11.3 Å². The summed E-state index contributed by atoms with van der Waals surface area (Å²) < 4.78 is 5.62. The molecule has 0 aromatic carbocycles. The van der Waals surface area contributed by atoms with Crippen molar-refractivity contribution in [3.63, 3.8) is 0 Å². The van der Waals surface area contributed by atoms with Gasteiger partial charge in [0.1, 0.15) is 0 Å². The summed E-state index contributed by atoms with van der Waals surface area (Å²) in [6.45, 7) is 6.77. The van der Waals surface area contributed by atoms with Crippen molar-refractivity contribution in [3.05, 3.63) is 35.1 Å². The monoisotopic (exact) mass is 304 g/mol. The zero-order valence-electron chi connectivity index (χ0n) is 14.0. The highest BCUT2D eigenvalue weighted by Gasteiger charge is 2.30. The Morgan fingerprint density at radius 2 is 1.77 bits per heavy atom. The molecule has 0 saturated carbocycles. The van der Waals surface area contributed by atoms with E-state index in [-0.39, 0.29) is 11.3 Å². The molecule has 0 aromatic rings. The minimum absolute atomic E-state index is 0.0227. The van der Waals surface area contributed by atoms with E-state index in [0.29, 0.717) is 12.2 Å². The van der Waals surface area contributed by atoms with E-state index >= 15 is 0 Å². The lowest BCUT2D eigenvalue weighted by Crippen LogP contribution is -2.18. The molecule has 122 valence electrons. The summed E-state index contributed by atoms with van der Waals surface area (Å²) >= 11 is 0. The molecular weight excluding hydrogens is 276 g/mol. The zero-order chi connectivity index (χ0) is 16.2. The summed E-state index contributed by atoms with van der Waals surface area (Å²) in [5.41, 5.74) is 2.95. The van der Waals surface area contributed by atoms with Gasteiger partial charge in [0, 0.05) is 5.92 Å². The van der Waals surface area contributed by atoms with Gasteiger partial charge in [0.15, 0.2) is 0 Å². The second kappa shape index (κ2) is 7.17. The Kier molecular flexibility index (Phi) is 5.49. The Labute approximate surface area is 133 Å². The molecule has 0 fully saturated rings. The Morgan fingerprint density at radius 1 is 1.23 bits per heavy atom. The highest BCUT2D eigenvalue weighted by Crippen LogP contribution is 2.39. The number of hydrogen-bond acceptors (Lipinski definition) is 2. The summed E-state index contributed by atoms with van der Waals surface area (Å²) in [4.78, 5) is 11.8. The molecule has 3 nitrogen and oxygen atoms in total. The number of carboxylic acids is 1. The second-order valence-corrected chi connectivity index (χ2v) is 7.53. The average Bonchev–Trinajstić information content (AvgIpc) is 3.09. The summed E-state index contributed by atoms with van der Waals surface area (Å²) in [5, 5.41) is 9.69. The second-order valence-electron chi connectivity index (χ2n) is 7.53. The lowest BCUT2D eigenvalue weighted by atomic mass is 9.83. The molecule has 0 heterocycles. The number of aliphatic carboxylic acids is 1. The van der Waals surface area contributed by atoms with E-state index in [1.54, 1.807) is 0 Å². The van der Waals surface area contributed by atoms with Crippen molar-refractivity contribution < 1.29 is 14.6 Å². The van der Waals surface area contributed by atoms with Crippen LogP contribution in [0.5, 0.6) is 0 Å². The smallest absolute Gasteiger partial charge is 0.335 e. The van der Waals surface area contributed by atoms with Crippen molar-refractivity contribution in [2.45, 2.75) is 59.3 Å².